The smallest absolute Gasteiger partial charge is 0.339 e. The fourth-order valence-electron chi connectivity index (χ4n) is 6.12. The van der Waals surface area contributed by atoms with Crippen LogP contribution in [0.25, 0.3) is 0 Å². The molecule has 0 unspecified atom stereocenters. The molecular weight excluding hydrogens is 350 g/mol. The first-order valence-corrected chi connectivity index (χ1v) is 10.6. The van der Waals surface area contributed by atoms with Crippen LogP contribution < -0.4 is 4.74 Å². The number of carbonyl (C=O) groups is 1. The van der Waals surface area contributed by atoms with Crippen LogP contribution in [0.15, 0.2) is 42.6 Å². The van der Waals surface area contributed by atoms with Crippen molar-refractivity contribution in [3.8, 4) is 11.6 Å². The second-order valence-corrected chi connectivity index (χ2v) is 8.73. The van der Waals surface area contributed by atoms with Crippen molar-refractivity contribution < 1.29 is 14.3 Å². The lowest BCUT2D eigenvalue weighted by molar-refractivity contribution is -0.00279. The zero-order chi connectivity index (χ0) is 19.1. The van der Waals surface area contributed by atoms with Crippen molar-refractivity contribution in [3.63, 3.8) is 0 Å². The van der Waals surface area contributed by atoms with E-state index in [0.717, 1.165) is 35.3 Å². The number of rotatable bonds is 5. The van der Waals surface area contributed by atoms with Crippen molar-refractivity contribution in [2.24, 2.45) is 23.7 Å². The van der Waals surface area contributed by atoms with E-state index in [1.807, 2.05) is 0 Å². The highest BCUT2D eigenvalue weighted by molar-refractivity contribution is 5.89. The van der Waals surface area contributed by atoms with Crippen molar-refractivity contribution in [1.82, 2.24) is 4.98 Å². The maximum Gasteiger partial charge on any atom is 0.339 e. The van der Waals surface area contributed by atoms with Gasteiger partial charge in [-0.3, -0.25) is 0 Å². The molecule has 0 amide bonds. The average Bonchev–Trinajstić information content (AvgIpc) is 2.69. The highest BCUT2D eigenvalue weighted by atomic mass is 16.5. The standard InChI is InChI=1S/C24H27NO3/c1-2-27-24(26)18-5-8-22(25-14-18)28-21-6-3-17(4-7-21)23-19-10-15-9-16(12-19)13-20(23)11-15/h3-8,14-16,19-20,23H,2,9-13H2,1H3/t15-,16+,19-,20+,23?. The highest BCUT2D eigenvalue weighted by Crippen LogP contribution is 2.59. The van der Waals surface area contributed by atoms with E-state index in [0.29, 0.717) is 18.1 Å². The Morgan fingerprint density at radius 3 is 2.21 bits per heavy atom. The molecule has 0 spiro atoms. The number of aromatic nitrogens is 1. The number of pyridine rings is 1. The number of hydrogen-bond acceptors (Lipinski definition) is 4. The van der Waals surface area contributed by atoms with Gasteiger partial charge in [0.25, 0.3) is 0 Å². The molecular formula is C24H27NO3. The summed E-state index contributed by atoms with van der Waals surface area (Å²) in [6.45, 7) is 2.14. The molecule has 6 rings (SSSR count). The van der Waals surface area contributed by atoms with Gasteiger partial charge in [0.15, 0.2) is 0 Å². The van der Waals surface area contributed by atoms with Gasteiger partial charge in [-0.05, 0) is 92.4 Å². The van der Waals surface area contributed by atoms with Crippen molar-refractivity contribution in [1.29, 1.82) is 0 Å². The molecule has 1 aromatic heterocycles. The summed E-state index contributed by atoms with van der Waals surface area (Å²) in [6.07, 6.45) is 8.74. The minimum absolute atomic E-state index is 0.355. The number of ether oxygens (including phenoxy) is 2. The summed E-state index contributed by atoms with van der Waals surface area (Å²) in [4.78, 5) is 15.9. The van der Waals surface area contributed by atoms with E-state index < -0.39 is 0 Å². The predicted molar refractivity (Wildman–Crippen MR) is 106 cm³/mol. The maximum absolute atomic E-state index is 11.7. The van der Waals surface area contributed by atoms with Crippen molar-refractivity contribution >= 4 is 5.97 Å². The summed E-state index contributed by atoms with van der Waals surface area (Å²) in [5.74, 6) is 5.43. The van der Waals surface area contributed by atoms with Gasteiger partial charge in [0.1, 0.15) is 5.75 Å². The normalized spacial score (nSPS) is 30.2. The average molecular weight is 377 g/mol. The Balaban J connectivity index is 1.26. The Hall–Kier alpha value is -2.36. The van der Waals surface area contributed by atoms with E-state index in [1.165, 1.54) is 43.9 Å². The molecule has 4 nitrogen and oxygen atoms in total. The number of carbonyl (C=O) groups excluding carboxylic acids is 1. The quantitative estimate of drug-likeness (QED) is 0.637. The Bertz CT molecular complexity index is 815. The third-order valence-corrected chi connectivity index (χ3v) is 6.96. The molecule has 0 atom stereocenters. The maximum atomic E-state index is 11.7. The second kappa shape index (κ2) is 7.23. The minimum Gasteiger partial charge on any atom is -0.462 e. The van der Waals surface area contributed by atoms with Gasteiger partial charge in [0.05, 0.1) is 12.2 Å². The number of nitrogens with zero attached hydrogens (tertiary/aromatic N) is 1. The molecule has 4 fully saturated rings. The molecule has 4 saturated carbocycles. The summed E-state index contributed by atoms with van der Waals surface area (Å²) in [6, 6.07) is 12.0. The third kappa shape index (κ3) is 3.30. The lowest BCUT2D eigenvalue weighted by atomic mass is 9.51. The SMILES string of the molecule is CCOC(=O)c1ccc(Oc2ccc(C3[C@H]4C[C@@H]5C[C@@H](C[C@H]3C5)C4)cc2)nc1. The Labute approximate surface area is 166 Å². The van der Waals surface area contributed by atoms with Gasteiger partial charge in [-0.1, -0.05) is 12.1 Å². The molecule has 146 valence electrons. The van der Waals surface area contributed by atoms with Gasteiger partial charge in [0, 0.05) is 12.3 Å². The molecule has 1 heterocycles. The molecule has 0 aliphatic heterocycles. The molecule has 0 radical (unpaired) electrons. The molecule has 1 aromatic carbocycles. The van der Waals surface area contributed by atoms with Gasteiger partial charge >= 0.3 is 5.97 Å². The molecule has 0 saturated heterocycles. The summed E-state index contributed by atoms with van der Waals surface area (Å²) in [5, 5.41) is 0. The summed E-state index contributed by atoms with van der Waals surface area (Å²) >= 11 is 0. The van der Waals surface area contributed by atoms with E-state index in [4.69, 9.17) is 9.47 Å². The van der Waals surface area contributed by atoms with E-state index >= 15 is 0 Å². The van der Waals surface area contributed by atoms with Crippen LogP contribution >= 0.6 is 0 Å². The summed E-state index contributed by atoms with van der Waals surface area (Å²) in [5.41, 5.74) is 1.92. The molecule has 4 bridgehead atoms. The van der Waals surface area contributed by atoms with E-state index in [9.17, 15) is 4.79 Å². The van der Waals surface area contributed by atoms with Crippen LogP contribution in [0.5, 0.6) is 11.6 Å². The monoisotopic (exact) mass is 377 g/mol. The fourth-order valence-corrected chi connectivity index (χ4v) is 6.12. The topological polar surface area (TPSA) is 48.4 Å². The van der Waals surface area contributed by atoms with Gasteiger partial charge < -0.3 is 9.47 Å². The van der Waals surface area contributed by atoms with Gasteiger partial charge in [-0.15, -0.1) is 0 Å². The first kappa shape index (κ1) is 17.7. The zero-order valence-corrected chi connectivity index (χ0v) is 16.3. The lowest BCUT2D eigenvalue weighted by Gasteiger charge is -2.54. The first-order valence-electron chi connectivity index (χ1n) is 10.6. The summed E-state index contributed by atoms with van der Waals surface area (Å²) in [7, 11) is 0. The predicted octanol–water partition coefficient (Wildman–Crippen LogP) is 5.59. The number of esters is 1. The molecule has 4 aliphatic rings. The lowest BCUT2D eigenvalue weighted by Crippen LogP contribution is -2.43. The molecule has 4 heteroatoms. The van der Waals surface area contributed by atoms with Crippen molar-refractivity contribution in [2.45, 2.75) is 44.9 Å². The van der Waals surface area contributed by atoms with Crippen LogP contribution in [-0.4, -0.2) is 17.6 Å². The Morgan fingerprint density at radius 1 is 0.964 bits per heavy atom. The van der Waals surface area contributed by atoms with Crippen LogP contribution in [0.1, 0.15) is 60.9 Å². The van der Waals surface area contributed by atoms with Gasteiger partial charge in [0.2, 0.25) is 5.88 Å². The Morgan fingerprint density at radius 2 is 1.64 bits per heavy atom. The van der Waals surface area contributed by atoms with Crippen LogP contribution in [0.4, 0.5) is 0 Å². The van der Waals surface area contributed by atoms with Crippen molar-refractivity contribution in [2.75, 3.05) is 6.61 Å². The largest absolute Gasteiger partial charge is 0.462 e. The number of benzene rings is 1. The molecule has 4 aliphatic carbocycles. The van der Waals surface area contributed by atoms with E-state index in [2.05, 4.69) is 29.2 Å². The molecule has 2 aromatic rings. The van der Waals surface area contributed by atoms with Gasteiger partial charge in [-0.2, -0.15) is 0 Å². The molecule has 0 N–H and O–H groups in total. The third-order valence-electron chi connectivity index (χ3n) is 6.96. The number of hydrogen-bond donors (Lipinski definition) is 0. The first-order chi connectivity index (χ1) is 13.7. The second-order valence-electron chi connectivity index (χ2n) is 8.73. The molecule has 28 heavy (non-hydrogen) atoms. The Kier molecular flexibility index (Phi) is 4.58. The fraction of sp³-hybridized carbons (Fsp3) is 0.500. The van der Waals surface area contributed by atoms with E-state index in [1.54, 1.807) is 19.1 Å². The van der Waals surface area contributed by atoms with Crippen LogP contribution in [-0.2, 0) is 4.74 Å². The van der Waals surface area contributed by atoms with Crippen LogP contribution in [0, 0.1) is 23.7 Å². The minimum atomic E-state index is -0.360. The van der Waals surface area contributed by atoms with Crippen LogP contribution in [0.3, 0.4) is 0 Å². The summed E-state index contributed by atoms with van der Waals surface area (Å²) < 4.78 is 10.8. The van der Waals surface area contributed by atoms with E-state index in [-0.39, 0.29) is 5.97 Å². The van der Waals surface area contributed by atoms with Gasteiger partial charge in [-0.25, -0.2) is 9.78 Å². The highest BCUT2D eigenvalue weighted by Gasteiger charge is 2.48. The van der Waals surface area contributed by atoms with Crippen molar-refractivity contribution in [3.05, 3.63) is 53.7 Å². The zero-order valence-electron chi connectivity index (χ0n) is 16.3. The van der Waals surface area contributed by atoms with Crippen LogP contribution in [0.2, 0.25) is 0 Å².